The molecule has 1 aliphatic rings. The second-order valence-corrected chi connectivity index (χ2v) is 6.78. The number of hydrogen-bond acceptors (Lipinski definition) is 3. The van der Waals surface area contributed by atoms with E-state index in [4.69, 9.17) is 0 Å². The second-order valence-electron chi connectivity index (χ2n) is 6.78. The van der Waals surface area contributed by atoms with Crippen molar-refractivity contribution >= 4 is 17.5 Å². The minimum atomic E-state index is -4.49. The number of carbonyl (C=O) groups excluding carboxylic acids is 2. The molecule has 3 rings (SSSR count). The number of urea groups is 1. The van der Waals surface area contributed by atoms with Crippen molar-refractivity contribution < 1.29 is 31.5 Å². The van der Waals surface area contributed by atoms with Crippen molar-refractivity contribution in [2.45, 2.75) is 32.6 Å². The van der Waals surface area contributed by atoms with Gasteiger partial charge in [0.05, 0.1) is 36.5 Å². The lowest BCUT2D eigenvalue weighted by atomic mass is 9.99. The van der Waals surface area contributed by atoms with Crippen molar-refractivity contribution in [3.63, 3.8) is 0 Å². The lowest BCUT2D eigenvalue weighted by Gasteiger charge is -2.28. The van der Waals surface area contributed by atoms with Crippen LogP contribution in [0.5, 0.6) is 0 Å². The smallest absolute Gasteiger partial charge is 0.317 e. The summed E-state index contributed by atoms with van der Waals surface area (Å²) < 4.78 is 66.0. The molecule has 2 aromatic rings. The largest absolute Gasteiger partial charge is 0.391 e. The van der Waals surface area contributed by atoms with Crippen LogP contribution in [0.4, 0.5) is 32.4 Å². The Morgan fingerprint density at radius 3 is 2.59 bits per heavy atom. The van der Waals surface area contributed by atoms with Crippen molar-refractivity contribution in [2.75, 3.05) is 11.9 Å². The van der Waals surface area contributed by atoms with Gasteiger partial charge in [-0.3, -0.25) is 9.48 Å². The Morgan fingerprint density at radius 1 is 1.21 bits per heavy atom. The van der Waals surface area contributed by atoms with Crippen molar-refractivity contribution in [3.05, 3.63) is 47.3 Å². The molecule has 0 radical (unpaired) electrons. The number of amides is 2. The molecule has 0 spiro atoms. The van der Waals surface area contributed by atoms with E-state index in [-0.39, 0.29) is 30.9 Å². The number of hydrogen-bond donors (Lipinski definition) is 1. The highest BCUT2D eigenvalue weighted by atomic mass is 19.4. The summed E-state index contributed by atoms with van der Waals surface area (Å²) in [5.74, 6) is -4.69. The molecule has 0 aliphatic carbocycles. The van der Waals surface area contributed by atoms with Crippen LogP contribution in [0.15, 0.2) is 24.4 Å². The molecule has 11 heteroatoms. The van der Waals surface area contributed by atoms with Gasteiger partial charge in [0.15, 0.2) is 17.4 Å². The number of Topliss-reactive ketones (excluding diaryl/α,β-unsaturated/α-hetero) is 1. The van der Waals surface area contributed by atoms with Crippen LogP contribution in [-0.4, -0.2) is 39.2 Å². The predicted molar refractivity (Wildman–Crippen MR) is 92.2 cm³/mol. The first-order chi connectivity index (χ1) is 13.6. The summed E-state index contributed by atoms with van der Waals surface area (Å²) >= 11 is 0. The number of nitrogens with zero attached hydrogens (tertiary/aromatic N) is 3. The molecule has 2 heterocycles. The lowest BCUT2D eigenvalue weighted by molar-refractivity contribution is -0.168. The molecule has 0 bridgehead atoms. The predicted octanol–water partition coefficient (Wildman–Crippen LogP) is 3.98. The van der Waals surface area contributed by atoms with E-state index in [0.717, 1.165) is 19.1 Å². The molecule has 1 aromatic heterocycles. The molecule has 156 valence electrons. The maximum atomic E-state index is 13.3. The van der Waals surface area contributed by atoms with Gasteiger partial charge in [-0.2, -0.15) is 18.3 Å². The number of rotatable bonds is 4. The van der Waals surface area contributed by atoms with Crippen LogP contribution in [0.1, 0.15) is 29.4 Å². The van der Waals surface area contributed by atoms with Gasteiger partial charge < -0.3 is 10.2 Å². The van der Waals surface area contributed by atoms with Crippen LogP contribution in [0.2, 0.25) is 0 Å². The summed E-state index contributed by atoms with van der Waals surface area (Å²) in [7, 11) is 0. The average Bonchev–Trinajstić information content (AvgIpc) is 3.07. The van der Waals surface area contributed by atoms with Crippen LogP contribution >= 0.6 is 0 Å². The average molecular weight is 416 g/mol. The topological polar surface area (TPSA) is 67.2 Å². The first-order valence-electron chi connectivity index (χ1n) is 8.72. The van der Waals surface area contributed by atoms with Crippen molar-refractivity contribution in [3.8, 4) is 0 Å². The van der Waals surface area contributed by atoms with Gasteiger partial charge in [0, 0.05) is 24.7 Å². The molecule has 0 fully saturated rings. The third-order valence-corrected chi connectivity index (χ3v) is 4.68. The zero-order chi connectivity index (χ0) is 21.3. The number of ketones is 1. The molecule has 1 aliphatic heterocycles. The van der Waals surface area contributed by atoms with Crippen LogP contribution in [0.3, 0.4) is 0 Å². The Morgan fingerprint density at radius 2 is 1.93 bits per heavy atom. The number of halogens is 5. The van der Waals surface area contributed by atoms with Gasteiger partial charge in [-0.05, 0) is 12.1 Å². The van der Waals surface area contributed by atoms with Crippen LogP contribution in [0, 0.1) is 17.6 Å². The lowest BCUT2D eigenvalue weighted by Crippen LogP contribution is -2.41. The second kappa shape index (κ2) is 7.80. The zero-order valence-corrected chi connectivity index (χ0v) is 15.3. The highest BCUT2D eigenvalue weighted by Gasteiger charge is 2.38. The van der Waals surface area contributed by atoms with E-state index in [0.29, 0.717) is 5.69 Å². The molecule has 1 atom stereocenters. The molecule has 6 nitrogen and oxygen atoms in total. The highest BCUT2D eigenvalue weighted by molar-refractivity contribution is 5.97. The van der Waals surface area contributed by atoms with Crippen LogP contribution in [-0.2, 0) is 13.1 Å². The molecule has 2 amide bonds. The Balaban J connectivity index is 1.71. The molecule has 0 saturated carbocycles. The van der Waals surface area contributed by atoms with E-state index in [1.54, 1.807) is 0 Å². The quantitative estimate of drug-likeness (QED) is 0.606. The molecule has 0 saturated heterocycles. The minimum absolute atomic E-state index is 0.0337. The van der Waals surface area contributed by atoms with Gasteiger partial charge >= 0.3 is 12.2 Å². The molecular formula is C18H17F5N4O2. The third-order valence-electron chi connectivity index (χ3n) is 4.68. The molecule has 1 N–H and O–H groups in total. The van der Waals surface area contributed by atoms with E-state index in [9.17, 15) is 31.5 Å². The summed E-state index contributed by atoms with van der Waals surface area (Å²) in [5, 5.41) is 6.43. The third kappa shape index (κ3) is 4.54. The monoisotopic (exact) mass is 416 g/mol. The molecule has 0 unspecified atom stereocenters. The molecular weight excluding hydrogens is 399 g/mol. The van der Waals surface area contributed by atoms with E-state index >= 15 is 0 Å². The summed E-state index contributed by atoms with van der Waals surface area (Å²) in [6.07, 6.45) is -4.00. The number of nitrogens with one attached hydrogen (secondary N) is 1. The van der Waals surface area contributed by atoms with E-state index in [1.165, 1.54) is 21.8 Å². The van der Waals surface area contributed by atoms with Gasteiger partial charge in [-0.1, -0.05) is 6.92 Å². The summed E-state index contributed by atoms with van der Waals surface area (Å²) in [5.41, 5.74) is 0.408. The van der Waals surface area contributed by atoms with Crippen molar-refractivity contribution in [1.29, 1.82) is 0 Å². The number of aromatic nitrogens is 2. The Kier molecular flexibility index (Phi) is 5.58. The maximum Gasteiger partial charge on any atom is 0.391 e. The number of alkyl halides is 3. The van der Waals surface area contributed by atoms with E-state index < -0.39 is 42.0 Å². The number of carbonyl (C=O) groups is 2. The molecule has 29 heavy (non-hydrogen) atoms. The van der Waals surface area contributed by atoms with Gasteiger partial charge in [0.25, 0.3) is 0 Å². The maximum absolute atomic E-state index is 13.3. The van der Waals surface area contributed by atoms with Gasteiger partial charge in [0.2, 0.25) is 0 Å². The summed E-state index contributed by atoms with van der Waals surface area (Å²) in [6, 6.07) is 2.27. The Labute approximate surface area is 162 Å². The minimum Gasteiger partial charge on any atom is -0.317 e. The highest BCUT2D eigenvalue weighted by Crippen LogP contribution is 2.30. The number of benzene rings is 1. The Bertz CT molecular complexity index is 941. The Hall–Kier alpha value is -2.98. The normalized spacial score (nSPS) is 15.0. The summed E-state index contributed by atoms with van der Waals surface area (Å²) in [4.78, 5) is 26.1. The van der Waals surface area contributed by atoms with Crippen LogP contribution in [0.25, 0.3) is 0 Å². The van der Waals surface area contributed by atoms with Gasteiger partial charge in [-0.15, -0.1) is 0 Å². The number of anilines is 1. The van der Waals surface area contributed by atoms with Crippen molar-refractivity contribution in [2.24, 2.45) is 5.92 Å². The van der Waals surface area contributed by atoms with Gasteiger partial charge in [-0.25, -0.2) is 13.6 Å². The first kappa shape index (κ1) is 20.7. The fourth-order valence-electron chi connectivity index (χ4n) is 2.93. The SMILES string of the molecule is C[C@@H](CC(=O)c1cnn2c1CN(C(=O)Nc1ccc(F)c(F)c1)CC2)C(F)(F)F. The number of fused-ring (bicyclic) bond motifs is 1. The first-order valence-corrected chi connectivity index (χ1v) is 8.72. The standard InChI is InChI=1S/C18H17F5N4O2/c1-10(18(21,22)23)6-16(28)12-8-24-27-5-4-26(9-15(12)27)17(29)25-11-2-3-13(19)14(20)7-11/h2-3,7-8,10H,4-6,9H2,1H3,(H,25,29)/t10-/m0/s1. The fourth-order valence-corrected chi connectivity index (χ4v) is 2.93. The molecule has 1 aromatic carbocycles. The summed E-state index contributed by atoms with van der Waals surface area (Å²) in [6.45, 7) is 1.33. The fraction of sp³-hybridized carbons (Fsp3) is 0.389. The zero-order valence-electron chi connectivity index (χ0n) is 15.3. The van der Waals surface area contributed by atoms with E-state index in [2.05, 4.69) is 10.4 Å². The van der Waals surface area contributed by atoms with Crippen LogP contribution < -0.4 is 5.32 Å². The van der Waals surface area contributed by atoms with Crippen molar-refractivity contribution in [1.82, 2.24) is 14.7 Å². The van der Waals surface area contributed by atoms with E-state index in [1.807, 2.05) is 0 Å². The van der Waals surface area contributed by atoms with Gasteiger partial charge in [0.1, 0.15) is 0 Å².